The highest BCUT2D eigenvalue weighted by Gasteiger charge is 2.21. The number of anilines is 1. The molecule has 2 aromatic rings. The average molecular weight is 345 g/mol. The molecule has 2 N–H and O–H groups in total. The maximum absolute atomic E-state index is 12.5. The van der Waals surface area contributed by atoms with E-state index in [1.807, 2.05) is 0 Å². The molecule has 0 radical (unpaired) electrons. The fourth-order valence-corrected chi connectivity index (χ4v) is 3.50. The molecule has 0 bridgehead atoms. The Hall–Kier alpha value is -1.27. The highest BCUT2D eigenvalue weighted by Crippen LogP contribution is 2.24. The molecule has 0 heterocycles. The highest BCUT2D eigenvalue weighted by molar-refractivity contribution is 7.89. The Morgan fingerprint density at radius 3 is 2.48 bits per heavy atom. The van der Waals surface area contributed by atoms with Gasteiger partial charge >= 0.3 is 0 Å². The third kappa shape index (κ3) is 3.68. The van der Waals surface area contributed by atoms with Gasteiger partial charge in [0.05, 0.1) is 4.90 Å². The Bertz CT molecular complexity index is 763. The highest BCUT2D eigenvalue weighted by atomic mass is 35.5. The van der Waals surface area contributed by atoms with E-state index in [1.165, 1.54) is 23.5 Å². The number of nitrogens with zero attached hydrogens (tertiary/aromatic N) is 1. The summed E-state index contributed by atoms with van der Waals surface area (Å²) in [6.45, 7) is 0.146. The molecule has 0 fully saturated rings. The number of sulfonamides is 1. The Morgan fingerprint density at radius 2 is 1.86 bits per heavy atom. The number of halogens is 2. The second-order valence-corrected chi connectivity index (χ2v) is 7.46. The first kappa shape index (κ1) is 16.1. The average Bonchev–Trinajstić information content (AvgIpc) is 2.41. The predicted molar refractivity (Wildman–Crippen MR) is 86.0 cm³/mol. The topological polar surface area (TPSA) is 63.4 Å². The van der Waals surface area contributed by atoms with Crippen LogP contribution >= 0.6 is 23.2 Å². The molecule has 0 saturated heterocycles. The zero-order valence-corrected chi connectivity index (χ0v) is 13.6. The summed E-state index contributed by atoms with van der Waals surface area (Å²) < 4.78 is 26.2. The summed E-state index contributed by atoms with van der Waals surface area (Å²) in [7, 11) is -2.14. The molecule has 0 aliphatic rings. The summed E-state index contributed by atoms with van der Waals surface area (Å²) >= 11 is 11.9. The van der Waals surface area contributed by atoms with Crippen molar-refractivity contribution in [3.05, 3.63) is 58.1 Å². The van der Waals surface area contributed by atoms with Crippen LogP contribution in [-0.4, -0.2) is 19.8 Å². The molecule has 21 heavy (non-hydrogen) atoms. The van der Waals surface area contributed by atoms with Crippen molar-refractivity contribution in [2.24, 2.45) is 0 Å². The van der Waals surface area contributed by atoms with Crippen LogP contribution in [0.1, 0.15) is 5.56 Å². The van der Waals surface area contributed by atoms with Crippen LogP contribution in [0.3, 0.4) is 0 Å². The fourth-order valence-electron chi connectivity index (χ4n) is 1.83. The summed E-state index contributed by atoms with van der Waals surface area (Å²) in [5, 5.41) is 0.933. The van der Waals surface area contributed by atoms with Crippen molar-refractivity contribution in [1.29, 1.82) is 0 Å². The number of rotatable bonds is 4. The quantitative estimate of drug-likeness (QED) is 0.864. The van der Waals surface area contributed by atoms with Crippen LogP contribution in [0.5, 0.6) is 0 Å². The Morgan fingerprint density at radius 1 is 1.14 bits per heavy atom. The van der Waals surface area contributed by atoms with E-state index in [0.717, 1.165) is 0 Å². The Balaban J connectivity index is 2.28. The number of nitrogen functional groups attached to an aromatic ring is 1. The molecule has 4 nitrogen and oxygen atoms in total. The molecule has 2 rings (SSSR count). The van der Waals surface area contributed by atoms with Crippen molar-refractivity contribution in [3.63, 3.8) is 0 Å². The molecule has 0 amide bonds. The number of hydrogen-bond donors (Lipinski definition) is 1. The van der Waals surface area contributed by atoms with Crippen molar-refractivity contribution in [1.82, 2.24) is 4.31 Å². The predicted octanol–water partition coefficient (Wildman–Crippen LogP) is 3.40. The maximum atomic E-state index is 12.5. The lowest BCUT2D eigenvalue weighted by Crippen LogP contribution is -2.26. The fraction of sp³-hybridized carbons (Fsp3) is 0.143. The molecule has 0 aliphatic carbocycles. The molecule has 0 unspecified atom stereocenters. The summed E-state index contributed by atoms with van der Waals surface area (Å²) in [6.07, 6.45) is 0. The van der Waals surface area contributed by atoms with E-state index in [1.54, 1.807) is 30.3 Å². The van der Waals surface area contributed by atoms with Crippen LogP contribution in [0.4, 0.5) is 5.69 Å². The van der Waals surface area contributed by atoms with E-state index < -0.39 is 10.0 Å². The number of benzene rings is 2. The first-order valence-corrected chi connectivity index (χ1v) is 8.26. The van der Waals surface area contributed by atoms with Gasteiger partial charge in [0.2, 0.25) is 10.0 Å². The van der Waals surface area contributed by atoms with E-state index in [2.05, 4.69) is 0 Å². The number of hydrogen-bond acceptors (Lipinski definition) is 3. The van der Waals surface area contributed by atoms with Gasteiger partial charge in [-0.2, -0.15) is 4.31 Å². The SMILES string of the molecule is CN(Cc1ccc(Cl)cc1Cl)S(=O)(=O)c1cccc(N)c1. The second kappa shape index (κ2) is 6.23. The Labute approximate surface area is 134 Å². The van der Waals surface area contributed by atoms with E-state index in [-0.39, 0.29) is 11.4 Å². The summed E-state index contributed by atoms with van der Waals surface area (Å²) in [4.78, 5) is 0.148. The summed E-state index contributed by atoms with van der Waals surface area (Å²) in [6, 6.07) is 11.1. The summed E-state index contributed by atoms with van der Waals surface area (Å²) in [5.74, 6) is 0. The van der Waals surface area contributed by atoms with E-state index in [0.29, 0.717) is 21.3 Å². The van der Waals surface area contributed by atoms with Crippen LogP contribution in [-0.2, 0) is 16.6 Å². The maximum Gasteiger partial charge on any atom is 0.243 e. The minimum absolute atomic E-state index is 0.146. The van der Waals surface area contributed by atoms with E-state index in [4.69, 9.17) is 28.9 Å². The molecular formula is C14H14Cl2N2O2S. The van der Waals surface area contributed by atoms with Gasteiger partial charge in [0.25, 0.3) is 0 Å². The molecule has 7 heteroatoms. The standard InChI is InChI=1S/C14H14Cl2N2O2S/c1-18(9-10-5-6-11(15)7-14(10)16)21(19,20)13-4-2-3-12(17)8-13/h2-8H,9,17H2,1H3. The normalized spacial score (nSPS) is 11.8. The third-order valence-electron chi connectivity index (χ3n) is 2.97. The van der Waals surface area contributed by atoms with Crippen molar-refractivity contribution in [2.45, 2.75) is 11.4 Å². The second-order valence-electron chi connectivity index (χ2n) is 4.57. The molecule has 0 spiro atoms. The van der Waals surface area contributed by atoms with Crippen molar-refractivity contribution < 1.29 is 8.42 Å². The lowest BCUT2D eigenvalue weighted by molar-refractivity contribution is 0.467. The molecule has 0 aliphatic heterocycles. The van der Waals surface area contributed by atoms with Gasteiger partial charge in [-0.25, -0.2) is 8.42 Å². The lowest BCUT2D eigenvalue weighted by Gasteiger charge is -2.18. The van der Waals surface area contributed by atoms with Crippen LogP contribution in [0, 0.1) is 0 Å². The van der Waals surface area contributed by atoms with Crippen molar-refractivity contribution in [3.8, 4) is 0 Å². The van der Waals surface area contributed by atoms with Gasteiger partial charge in [0.15, 0.2) is 0 Å². The molecular weight excluding hydrogens is 331 g/mol. The third-order valence-corrected chi connectivity index (χ3v) is 5.36. The monoisotopic (exact) mass is 344 g/mol. The lowest BCUT2D eigenvalue weighted by atomic mass is 10.2. The van der Waals surface area contributed by atoms with Crippen LogP contribution in [0.25, 0.3) is 0 Å². The van der Waals surface area contributed by atoms with Gasteiger partial charge in [-0.15, -0.1) is 0 Å². The van der Waals surface area contributed by atoms with E-state index in [9.17, 15) is 8.42 Å². The first-order valence-electron chi connectivity index (χ1n) is 6.06. The first-order chi connectivity index (χ1) is 9.80. The van der Waals surface area contributed by atoms with Gasteiger partial charge in [-0.05, 0) is 35.9 Å². The zero-order valence-electron chi connectivity index (χ0n) is 11.3. The van der Waals surface area contributed by atoms with Crippen molar-refractivity contribution in [2.75, 3.05) is 12.8 Å². The van der Waals surface area contributed by atoms with Crippen molar-refractivity contribution >= 4 is 38.9 Å². The van der Waals surface area contributed by atoms with Gasteiger partial charge in [-0.1, -0.05) is 35.3 Å². The Kier molecular flexibility index (Phi) is 4.78. The van der Waals surface area contributed by atoms with Gasteiger partial charge in [0, 0.05) is 29.3 Å². The van der Waals surface area contributed by atoms with Gasteiger partial charge in [0.1, 0.15) is 0 Å². The zero-order chi connectivity index (χ0) is 15.6. The molecule has 2 aromatic carbocycles. The number of nitrogens with two attached hydrogens (primary N) is 1. The molecule has 0 aromatic heterocycles. The molecule has 0 atom stereocenters. The largest absolute Gasteiger partial charge is 0.399 e. The molecule has 112 valence electrons. The van der Waals surface area contributed by atoms with Crippen LogP contribution in [0.15, 0.2) is 47.4 Å². The van der Waals surface area contributed by atoms with Gasteiger partial charge in [-0.3, -0.25) is 0 Å². The van der Waals surface area contributed by atoms with E-state index >= 15 is 0 Å². The minimum Gasteiger partial charge on any atom is -0.399 e. The van der Waals surface area contributed by atoms with Crippen LogP contribution < -0.4 is 5.73 Å². The minimum atomic E-state index is -3.62. The van der Waals surface area contributed by atoms with Crippen LogP contribution in [0.2, 0.25) is 10.0 Å². The molecule has 0 saturated carbocycles. The summed E-state index contributed by atoms with van der Waals surface area (Å²) in [5.41, 5.74) is 6.70. The van der Waals surface area contributed by atoms with Gasteiger partial charge < -0.3 is 5.73 Å². The smallest absolute Gasteiger partial charge is 0.243 e.